The SMILES string of the molecule is CCCCCCCCCCCCC(C)C(CCCCCCCCCCCC)(CCCCCCCCCCCC)C(CCCCCCCCCCCC)(CCCCCCCCCCCC)[P+](CCCC)(CCCC)CCCCCCCCCCCC. The Hall–Kier alpha value is 0.430. The normalized spacial score (nSPS) is 12.8. The van der Waals surface area contributed by atoms with Gasteiger partial charge in [0.05, 0.1) is 23.6 Å². The lowest BCUT2D eigenvalue weighted by Gasteiger charge is -2.60. The van der Waals surface area contributed by atoms with Gasteiger partial charge in [0.1, 0.15) is 0 Å². The van der Waals surface area contributed by atoms with Gasteiger partial charge in [-0.25, -0.2) is 0 Å². The topological polar surface area (TPSA) is 0 Å². The minimum Gasteiger partial charge on any atom is -0.0654 e. The minimum absolute atomic E-state index is 0.499. The molecule has 0 rings (SSSR count). The van der Waals surface area contributed by atoms with Crippen molar-refractivity contribution in [1.82, 2.24) is 0 Å². The maximum atomic E-state index is 3.00. The average molecular weight is 1210 g/mol. The van der Waals surface area contributed by atoms with Gasteiger partial charge in [-0.2, -0.15) is 0 Å². The van der Waals surface area contributed by atoms with E-state index in [-0.39, 0.29) is 0 Å². The van der Waals surface area contributed by atoms with Crippen LogP contribution in [0.5, 0.6) is 0 Å². The van der Waals surface area contributed by atoms with Crippen molar-refractivity contribution in [2.75, 3.05) is 18.5 Å². The average Bonchev–Trinajstić information content (AvgIpc) is 0.952. The predicted molar refractivity (Wildman–Crippen MR) is 400 cm³/mol. The van der Waals surface area contributed by atoms with E-state index >= 15 is 0 Å². The van der Waals surface area contributed by atoms with Crippen LogP contribution in [0.4, 0.5) is 0 Å². The van der Waals surface area contributed by atoms with E-state index in [4.69, 9.17) is 0 Å². The molecule has 1 atom stereocenters. The summed E-state index contributed by atoms with van der Waals surface area (Å²) in [6.07, 6.45) is 108. The van der Waals surface area contributed by atoms with Crippen LogP contribution in [0.2, 0.25) is 0 Å². The highest BCUT2D eigenvalue weighted by atomic mass is 31.2. The van der Waals surface area contributed by atoms with Crippen molar-refractivity contribution in [3.8, 4) is 0 Å². The van der Waals surface area contributed by atoms with Crippen LogP contribution in [0, 0.1) is 11.3 Å². The third-order valence-electron chi connectivity index (χ3n) is 22.4. The van der Waals surface area contributed by atoms with Crippen LogP contribution in [0.15, 0.2) is 0 Å². The van der Waals surface area contributed by atoms with Crippen molar-refractivity contribution in [1.29, 1.82) is 0 Å². The van der Waals surface area contributed by atoms with Crippen molar-refractivity contribution in [3.05, 3.63) is 0 Å². The quantitative estimate of drug-likeness (QED) is 0.0421. The molecule has 0 N–H and O–H groups in total. The molecule has 0 aliphatic carbocycles. The summed E-state index contributed by atoms with van der Waals surface area (Å²) in [7, 11) is -1.40. The van der Waals surface area contributed by atoms with E-state index in [2.05, 4.69) is 62.3 Å². The maximum absolute atomic E-state index is 3.00. The maximum Gasteiger partial charge on any atom is 0.0857 e. The van der Waals surface area contributed by atoms with E-state index in [0.29, 0.717) is 10.6 Å². The molecule has 85 heavy (non-hydrogen) atoms. The molecular weight excluding hydrogens is 1040 g/mol. The third kappa shape index (κ3) is 46.2. The summed E-state index contributed by atoms with van der Waals surface area (Å²) >= 11 is 0. The Morgan fingerprint density at radius 2 is 0.365 bits per heavy atom. The van der Waals surface area contributed by atoms with Gasteiger partial charge >= 0.3 is 0 Å². The lowest BCUT2D eigenvalue weighted by atomic mass is 9.57. The molecular formula is C84H172P+. The van der Waals surface area contributed by atoms with Gasteiger partial charge in [-0.15, -0.1) is 0 Å². The van der Waals surface area contributed by atoms with E-state index in [1.54, 1.807) is 63.4 Å². The molecule has 1 unspecified atom stereocenters. The van der Waals surface area contributed by atoms with Gasteiger partial charge in [0.2, 0.25) is 0 Å². The molecule has 0 bridgehead atoms. The Morgan fingerprint density at radius 3 is 0.600 bits per heavy atom. The molecule has 1 heteroatoms. The largest absolute Gasteiger partial charge is 0.0857 e. The Morgan fingerprint density at radius 1 is 0.188 bits per heavy atom. The van der Waals surface area contributed by atoms with Crippen LogP contribution in [-0.4, -0.2) is 23.6 Å². The summed E-state index contributed by atoms with van der Waals surface area (Å²) in [6, 6.07) is 0. The van der Waals surface area contributed by atoms with Gasteiger partial charge in [0.15, 0.2) is 0 Å². The number of unbranched alkanes of at least 4 members (excludes halogenated alkanes) is 56. The van der Waals surface area contributed by atoms with Crippen LogP contribution in [0.25, 0.3) is 0 Å². The standard InChI is InChI=1S/C84H172P/c1-10-18-26-32-38-44-50-56-62-68-74-82(9)83(75-69-63-57-51-45-39-33-27-19-11-2,76-70-64-58-52-46-40-34-28-20-12-3)84(77-71-65-59-53-47-41-35-29-21-13-4,78-72-66-60-54-48-42-36-30-22-14-5)85(79-24-16-7,80-25-17-8)81-73-67-61-55-49-43-37-31-23-15-6/h82H,10-81H2,1-9H3/q+1. The molecule has 0 saturated heterocycles. The van der Waals surface area contributed by atoms with Gasteiger partial charge in [-0.3, -0.25) is 0 Å². The summed E-state index contributed by atoms with van der Waals surface area (Å²) in [5, 5.41) is 0.556. The number of hydrogen-bond donors (Lipinski definition) is 0. The Labute approximate surface area is 544 Å². The number of rotatable bonds is 75. The van der Waals surface area contributed by atoms with Crippen LogP contribution in [-0.2, 0) is 0 Å². The zero-order valence-electron chi connectivity index (χ0n) is 61.9. The second-order valence-electron chi connectivity index (χ2n) is 30.0. The molecule has 0 spiro atoms. The summed E-state index contributed by atoms with van der Waals surface area (Å²) < 4.78 is 0. The zero-order valence-corrected chi connectivity index (χ0v) is 62.8. The van der Waals surface area contributed by atoms with Crippen molar-refractivity contribution in [2.45, 2.75) is 511 Å². The van der Waals surface area contributed by atoms with Crippen LogP contribution < -0.4 is 0 Å². The lowest BCUT2D eigenvalue weighted by Crippen LogP contribution is -2.55. The molecule has 512 valence electrons. The van der Waals surface area contributed by atoms with Crippen molar-refractivity contribution in [2.24, 2.45) is 11.3 Å². The fourth-order valence-electron chi connectivity index (χ4n) is 16.8. The molecule has 0 aliphatic rings. The molecule has 0 radical (unpaired) electrons. The van der Waals surface area contributed by atoms with Crippen molar-refractivity contribution < 1.29 is 0 Å². The second-order valence-corrected chi connectivity index (χ2v) is 34.5. The van der Waals surface area contributed by atoms with Crippen LogP contribution in [0.1, 0.15) is 505 Å². The fraction of sp³-hybridized carbons (Fsp3) is 1.00. The summed E-state index contributed by atoms with van der Waals surface area (Å²) in [5.41, 5.74) is 0.499. The van der Waals surface area contributed by atoms with E-state index in [1.165, 1.54) is 398 Å². The van der Waals surface area contributed by atoms with Crippen molar-refractivity contribution >= 4 is 7.26 Å². The molecule has 0 nitrogen and oxygen atoms in total. The molecule has 0 aliphatic heterocycles. The number of hydrogen-bond acceptors (Lipinski definition) is 0. The van der Waals surface area contributed by atoms with Gasteiger partial charge in [-0.1, -0.05) is 441 Å². The van der Waals surface area contributed by atoms with Crippen LogP contribution >= 0.6 is 7.26 Å². The Balaban J connectivity index is 7.98. The first-order valence-corrected chi connectivity index (χ1v) is 44.1. The van der Waals surface area contributed by atoms with Crippen LogP contribution in [0.3, 0.4) is 0 Å². The summed E-state index contributed by atoms with van der Waals surface area (Å²) in [6.45, 7) is 22.5. The van der Waals surface area contributed by atoms with Gasteiger partial charge in [-0.05, 0) is 70.1 Å². The van der Waals surface area contributed by atoms with E-state index in [9.17, 15) is 0 Å². The molecule has 0 aromatic carbocycles. The predicted octanol–water partition coefficient (Wildman–Crippen LogP) is 32.4. The molecule has 0 fully saturated rings. The van der Waals surface area contributed by atoms with Gasteiger partial charge in [0, 0.05) is 12.7 Å². The first-order chi connectivity index (χ1) is 41.9. The summed E-state index contributed by atoms with van der Waals surface area (Å²) in [5.74, 6) is 0.861. The highest BCUT2D eigenvalue weighted by molar-refractivity contribution is 7.77. The third-order valence-corrected chi connectivity index (χ3v) is 28.7. The van der Waals surface area contributed by atoms with E-state index in [0.717, 1.165) is 5.92 Å². The molecule has 0 amide bonds. The van der Waals surface area contributed by atoms with Crippen molar-refractivity contribution in [3.63, 3.8) is 0 Å². The van der Waals surface area contributed by atoms with Gasteiger partial charge < -0.3 is 0 Å². The Kier molecular flexibility index (Phi) is 67.7. The zero-order chi connectivity index (χ0) is 62.0. The van der Waals surface area contributed by atoms with Gasteiger partial charge in [0.25, 0.3) is 0 Å². The minimum atomic E-state index is -1.40. The molecule has 0 heterocycles. The second kappa shape index (κ2) is 67.3. The monoisotopic (exact) mass is 1210 g/mol. The molecule has 0 saturated carbocycles. The highest BCUT2D eigenvalue weighted by Gasteiger charge is 2.66. The molecule has 0 aromatic heterocycles. The first-order valence-electron chi connectivity index (χ1n) is 41.8. The lowest BCUT2D eigenvalue weighted by molar-refractivity contribution is 0.0463. The van der Waals surface area contributed by atoms with E-state index in [1.807, 2.05) is 0 Å². The molecule has 0 aromatic rings. The van der Waals surface area contributed by atoms with E-state index < -0.39 is 7.26 Å². The smallest absolute Gasteiger partial charge is 0.0654 e. The fourth-order valence-corrected chi connectivity index (χ4v) is 24.1. The summed E-state index contributed by atoms with van der Waals surface area (Å²) in [4.78, 5) is 0. The first kappa shape index (κ1) is 85.4. The highest BCUT2D eigenvalue weighted by Crippen LogP contribution is 2.80. The Bertz CT molecular complexity index is 1160.